The molecule has 156 valence electrons. The van der Waals surface area contributed by atoms with E-state index in [9.17, 15) is 10.2 Å². The Hall–Kier alpha value is -2.29. The molecule has 0 spiro atoms. The average Bonchev–Trinajstić information content (AvgIpc) is 3.18. The van der Waals surface area contributed by atoms with Crippen molar-refractivity contribution in [1.82, 2.24) is 0 Å². The van der Waals surface area contributed by atoms with Gasteiger partial charge in [-0.05, 0) is 12.8 Å². The van der Waals surface area contributed by atoms with Crippen molar-refractivity contribution in [3.8, 4) is 11.5 Å². The van der Waals surface area contributed by atoms with Gasteiger partial charge < -0.3 is 10.2 Å². The Morgan fingerprint density at radius 1 is 0.867 bits per heavy atom. The third-order valence-electron chi connectivity index (χ3n) is 3.98. The van der Waals surface area contributed by atoms with Gasteiger partial charge in [-0.1, -0.05) is 71.8 Å². The predicted octanol–water partition coefficient (Wildman–Crippen LogP) is 6.11. The SMILES string of the molecule is C=CCc1ccccc1[O-].C=CCc1ccccc1[O-].C[C](C)(C)[Ti+2][C]1=CC=CC1. The first-order valence-electron chi connectivity index (χ1n) is 10.1. The zero-order valence-corrected chi connectivity index (χ0v) is 19.9. The van der Waals surface area contributed by atoms with Gasteiger partial charge in [-0.25, -0.2) is 0 Å². The van der Waals surface area contributed by atoms with Crippen LogP contribution in [0, 0.1) is 0 Å². The van der Waals surface area contributed by atoms with Crippen LogP contribution in [0.15, 0.2) is 95.9 Å². The number of benzene rings is 2. The zero-order chi connectivity index (χ0) is 22.4. The Balaban J connectivity index is 0.000000225. The quantitative estimate of drug-likeness (QED) is 0.419. The van der Waals surface area contributed by atoms with Crippen LogP contribution in [0.1, 0.15) is 38.3 Å². The summed E-state index contributed by atoms with van der Waals surface area (Å²) in [5.74, 6) is 0.199. The van der Waals surface area contributed by atoms with Crippen molar-refractivity contribution >= 4 is 0 Å². The topological polar surface area (TPSA) is 46.1 Å². The van der Waals surface area contributed by atoms with Gasteiger partial charge in [0, 0.05) is 0 Å². The number of hydrogen-bond donors (Lipinski definition) is 0. The zero-order valence-electron chi connectivity index (χ0n) is 18.4. The molecule has 2 aromatic carbocycles. The number of allylic oxidation sites excluding steroid dienone is 6. The Bertz CT molecular complexity index is 806. The summed E-state index contributed by atoms with van der Waals surface area (Å²) in [6.45, 7) is 14.1. The van der Waals surface area contributed by atoms with Gasteiger partial charge in [-0.15, -0.1) is 24.7 Å². The van der Waals surface area contributed by atoms with Crippen LogP contribution in [0.5, 0.6) is 11.5 Å². The summed E-state index contributed by atoms with van der Waals surface area (Å²) in [6.07, 6.45) is 12.8. The van der Waals surface area contributed by atoms with E-state index < -0.39 is 0 Å². The third-order valence-corrected chi connectivity index (χ3v) is 6.23. The summed E-state index contributed by atoms with van der Waals surface area (Å²) in [4.78, 5) is 0. The van der Waals surface area contributed by atoms with E-state index in [-0.39, 0.29) is 30.7 Å². The molecule has 0 heterocycles. The first-order valence-corrected chi connectivity index (χ1v) is 11.7. The molecule has 0 radical (unpaired) electrons. The number of hydrogen-bond acceptors (Lipinski definition) is 2. The second kappa shape index (κ2) is 13.8. The molecule has 0 amide bonds. The van der Waals surface area contributed by atoms with Gasteiger partial charge in [0.1, 0.15) is 0 Å². The van der Waals surface area contributed by atoms with Crippen molar-refractivity contribution in [2.45, 2.75) is 43.8 Å². The maximum atomic E-state index is 11.0. The van der Waals surface area contributed by atoms with Crippen LogP contribution in [0.2, 0.25) is 3.72 Å². The molecule has 0 N–H and O–H groups in total. The summed E-state index contributed by atoms with van der Waals surface area (Å²) in [5, 5.41) is 21.9. The van der Waals surface area contributed by atoms with Gasteiger partial charge in [-0.3, -0.25) is 0 Å². The molecule has 0 saturated heterocycles. The molecular weight excluding hydrogens is 404 g/mol. The minimum absolute atomic E-state index is 0.0994. The molecule has 0 saturated carbocycles. The maximum absolute atomic E-state index is 11.0. The molecule has 1 aliphatic carbocycles. The van der Waals surface area contributed by atoms with Gasteiger partial charge in [-0.2, -0.15) is 0 Å². The van der Waals surface area contributed by atoms with Crippen LogP contribution < -0.4 is 10.2 Å². The Morgan fingerprint density at radius 2 is 1.33 bits per heavy atom. The number of para-hydroxylation sites is 2. The normalized spacial score (nSPS) is 11.8. The summed E-state index contributed by atoms with van der Waals surface area (Å²) in [7, 11) is 0. The number of rotatable bonds is 5. The van der Waals surface area contributed by atoms with E-state index in [2.05, 4.69) is 52.2 Å². The molecule has 0 fully saturated rings. The summed E-state index contributed by atoms with van der Waals surface area (Å²) >= 11 is 0.146. The van der Waals surface area contributed by atoms with Gasteiger partial charge in [0.05, 0.1) is 0 Å². The van der Waals surface area contributed by atoms with E-state index in [1.54, 1.807) is 40.3 Å². The fourth-order valence-electron chi connectivity index (χ4n) is 2.68. The van der Waals surface area contributed by atoms with Crippen LogP contribution in [-0.2, 0) is 32.0 Å². The van der Waals surface area contributed by atoms with Gasteiger partial charge in [0.25, 0.3) is 0 Å². The molecular formula is C27H32O2Ti. The monoisotopic (exact) mass is 436 g/mol. The molecule has 3 heteroatoms. The van der Waals surface area contributed by atoms with E-state index in [1.807, 2.05) is 24.3 Å². The van der Waals surface area contributed by atoms with E-state index in [0.29, 0.717) is 16.6 Å². The van der Waals surface area contributed by atoms with Crippen molar-refractivity contribution in [3.63, 3.8) is 0 Å². The van der Waals surface area contributed by atoms with Gasteiger partial charge in [0.15, 0.2) is 0 Å². The van der Waals surface area contributed by atoms with E-state index in [4.69, 9.17) is 0 Å². The van der Waals surface area contributed by atoms with E-state index in [1.165, 1.54) is 6.42 Å². The van der Waals surface area contributed by atoms with Crippen molar-refractivity contribution in [3.05, 3.63) is 107 Å². The second-order valence-corrected chi connectivity index (χ2v) is 11.6. The molecule has 3 rings (SSSR count). The van der Waals surface area contributed by atoms with Gasteiger partial charge >= 0.3 is 72.2 Å². The fraction of sp³-hybridized carbons (Fsp3) is 0.259. The van der Waals surface area contributed by atoms with Crippen LogP contribution in [0.3, 0.4) is 0 Å². The fourth-order valence-corrected chi connectivity index (χ4v) is 4.81. The van der Waals surface area contributed by atoms with Crippen LogP contribution in [0.4, 0.5) is 0 Å². The summed E-state index contributed by atoms with van der Waals surface area (Å²) in [6, 6.07) is 14.0. The molecule has 0 bridgehead atoms. The molecule has 0 atom stereocenters. The van der Waals surface area contributed by atoms with Crippen molar-refractivity contribution in [1.29, 1.82) is 0 Å². The first-order chi connectivity index (χ1) is 14.3. The van der Waals surface area contributed by atoms with E-state index >= 15 is 0 Å². The Kier molecular flexibility index (Phi) is 11.9. The van der Waals surface area contributed by atoms with Crippen molar-refractivity contribution in [2.24, 2.45) is 0 Å². The van der Waals surface area contributed by atoms with Crippen LogP contribution >= 0.6 is 0 Å². The third kappa shape index (κ3) is 11.0. The minimum atomic E-state index is 0.0994. The van der Waals surface area contributed by atoms with Crippen molar-refractivity contribution < 1.29 is 29.4 Å². The Morgan fingerprint density at radius 3 is 1.67 bits per heavy atom. The first kappa shape index (κ1) is 25.8. The Labute approximate surface area is 191 Å². The molecule has 0 aromatic heterocycles. The molecule has 30 heavy (non-hydrogen) atoms. The second-order valence-electron chi connectivity index (χ2n) is 7.90. The predicted molar refractivity (Wildman–Crippen MR) is 121 cm³/mol. The molecule has 2 nitrogen and oxygen atoms in total. The molecule has 0 aliphatic heterocycles. The van der Waals surface area contributed by atoms with Crippen LogP contribution in [0.25, 0.3) is 0 Å². The standard InChI is InChI=1S/2C9H10O.C5H5.C4H9.Ti/c2*1-2-5-8-6-3-4-7-9(8)10;1-2-4-5-3-1;1-4(2)3;/h2*2-4,6-7,10H,1,5H2;1-3H,4H2;1-3H3;/q;;;;+2/p-2. The van der Waals surface area contributed by atoms with Crippen molar-refractivity contribution in [2.75, 3.05) is 0 Å². The molecule has 1 aliphatic rings. The average molecular weight is 436 g/mol. The van der Waals surface area contributed by atoms with E-state index in [0.717, 1.165) is 11.1 Å². The molecule has 2 aromatic rings. The summed E-state index contributed by atoms with van der Waals surface area (Å²) < 4.78 is 2.28. The van der Waals surface area contributed by atoms with Gasteiger partial charge in [0.2, 0.25) is 0 Å². The summed E-state index contributed by atoms with van der Waals surface area (Å²) in [5.41, 5.74) is 1.63. The molecule has 0 unspecified atom stereocenters. The van der Waals surface area contributed by atoms with Crippen LogP contribution in [-0.4, -0.2) is 0 Å².